The molecule has 0 bridgehead atoms. The summed E-state index contributed by atoms with van der Waals surface area (Å²) < 4.78 is 29.9. The summed E-state index contributed by atoms with van der Waals surface area (Å²) in [5, 5.41) is 11.3. The highest BCUT2D eigenvalue weighted by Gasteiger charge is 2.33. The highest BCUT2D eigenvalue weighted by atomic mass is 32.2. The fraction of sp³-hybridized carbons (Fsp3) is 0.696. The normalized spacial score (nSPS) is 21.4. The van der Waals surface area contributed by atoms with Gasteiger partial charge in [-0.25, -0.2) is 13.1 Å². The number of piperidine rings is 1. The van der Waals surface area contributed by atoms with Crippen LogP contribution in [-0.4, -0.2) is 102 Å². The minimum absolute atomic E-state index is 0.0533. The average molecular weight is 492 g/mol. The highest BCUT2D eigenvalue weighted by Crippen LogP contribution is 2.26. The number of nitrogens with zero attached hydrogens (tertiary/aromatic N) is 6. The van der Waals surface area contributed by atoms with Gasteiger partial charge in [-0.05, 0) is 51.4 Å². The van der Waals surface area contributed by atoms with Gasteiger partial charge in [0.25, 0.3) is 0 Å². The Morgan fingerprint density at radius 3 is 2.59 bits per heavy atom. The first-order valence-corrected chi connectivity index (χ1v) is 13.8. The van der Waals surface area contributed by atoms with Crippen LogP contribution in [0.25, 0.3) is 11.0 Å². The van der Waals surface area contributed by atoms with E-state index in [1.807, 2.05) is 13.8 Å². The van der Waals surface area contributed by atoms with Crippen molar-refractivity contribution in [3.8, 4) is 0 Å². The number of carbonyl (C=O) groups is 1. The zero-order valence-electron chi connectivity index (χ0n) is 20.5. The Bertz CT molecular complexity index is 1090. The molecule has 1 unspecified atom stereocenters. The summed E-state index contributed by atoms with van der Waals surface area (Å²) in [6.07, 6.45) is 1.37. The van der Waals surface area contributed by atoms with Crippen LogP contribution in [0.5, 0.6) is 0 Å². The molecular formula is C23H37N7O3S. The van der Waals surface area contributed by atoms with E-state index in [4.69, 9.17) is 0 Å². The first-order chi connectivity index (χ1) is 16.3. The third kappa shape index (κ3) is 5.42. The quantitative estimate of drug-likeness (QED) is 0.591. The second-order valence-electron chi connectivity index (χ2n) is 9.55. The van der Waals surface area contributed by atoms with Crippen molar-refractivity contribution in [3.63, 3.8) is 0 Å². The molecule has 1 amide bonds. The number of fused-ring (bicyclic) bond motifs is 1. The van der Waals surface area contributed by atoms with E-state index >= 15 is 0 Å². The summed E-state index contributed by atoms with van der Waals surface area (Å²) in [6.45, 7) is 13.5. The topological polar surface area (TPSA) is 104 Å². The van der Waals surface area contributed by atoms with E-state index in [2.05, 4.69) is 32.4 Å². The standard InChI is InChI=1S/C23H37N7O3S/c1-4-27-12-14-28(15-13-27)11-9-24-23(31)19-6-5-10-29(17-19)34(32,33)20-7-8-22-21(16-20)25-26-30(22)18(2)3/h7-8,16,18-19H,4-6,9-15,17H2,1-3H3,(H,24,31). The molecule has 2 fully saturated rings. The Hall–Kier alpha value is -2.08. The van der Waals surface area contributed by atoms with Gasteiger partial charge in [0.1, 0.15) is 5.52 Å². The molecule has 2 saturated heterocycles. The number of benzene rings is 1. The summed E-state index contributed by atoms with van der Waals surface area (Å²) >= 11 is 0. The number of amides is 1. The lowest BCUT2D eigenvalue weighted by atomic mass is 9.99. The monoisotopic (exact) mass is 491 g/mol. The molecule has 10 nitrogen and oxygen atoms in total. The maximum absolute atomic E-state index is 13.3. The van der Waals surface area contributed by atoms with Crippen LogP contribution in [0.15, 0.2) is 23.1 Å². The zero-order valence-corrected chi connectivity index (χ0v) is 21.3. The van der Waals surface area contributed by atoms with Gasteiger partial charge in [0, 0.05) is 58.4 Å². The summed E-state index contributed by atoms with van der Waals surface area (Å²) in [5.41, 5.74) is 1.36. The van der Waals surface area contributed by atoms with Crippen molar-refractivity contribution >= 4 is 27.0 Å². The van der Waals surface area contributed by atoms with Gasteiger partial charge < -0.3 is 10.2 Å². The van der Waals surface area contributed by atoms with E-state index in [1.165, 1.54) is 4.31 Å². The molecular weight excluding hydrogens is 454 g/mol. The number of hydrogen-bond acceptors (Lipinski definition) is 7. The predicted octanol–water partition coefficient (Wildman–Crippen LogP) is 1.17. The molecule has 1 aromatic carbocycles. The van der Waals surface area contributed by atoms with E-state index in [9.17, 15) is 13.2 Å². The Morgan fingerprint density at radius 2 is 1.88 bits per heavy atom. The van der Waals surface area contributed by atoms with E-state index in [0.29, 0.717) is 31.4 Å². The van der Waals surface area contributed by atoms with E-state index in [0.717, 1.165) is 44.8 Å². The molecule has 11 heteroatoms. The Labute approximate surface area is 202 Å². The maximum Gasteiger partial charge on any atom is 0.243 e. The number of aromatic nitrogens is 3. The molecule has 188 valence electrons. The molecule has 0 spiro atoms. The number of carbonyl (C=O) groups excluding carboxylic acids is 1. The van der Waals surface area contributed by atoms with Crippen LogP contribution in [0, 0.1) is 5.92 Å². The van der Waals surface area contributed by atoms with Crippen molar-refractivity contribution in [2.24, 2.45) is 5.92 Å². The Balaban J connectivity index is 1.34. The summed E-state index contributed by atoms with van der Waals surface area (Å²) in [6, 6.07) is 5.09. The second-order valence-corrected chi connectivity index (χ2v) is 11.5. The molecule has 2 aromatic rings. The third-order valence-electron chi connectivity index (χ3n) is 6.96. The number of sulfonamides is 1. The lowest BCUT2D eigenvalue weighted by Crippen LogP contribution is -2.49. The van der Waals surface area contributed by atoms with E-state index < -0.39 is 10.0 Å². The zero-order chi connectivity index (χ0) is 24.3. The average Bonchev–Trinajstić information content (AvgIpc) is 3.28. The molecule has 0 aliphatic carbocycles. The minimum atomic E-state index is -3.71. The van der Waals surface area contributed by atoms with E-state index in [-0.39, 0.29) is 29.3 Å². The first-order valence-electron chi connectivity index (χ1n) is 12.4. The van der Waals surface area contributed by atoms with Crippen LogP contribution >= 0.6 is 0 Å². The SMILES string of the molecule is CCN1CCN(CCNC(=O)C2CCCN(S(=O)(=O)c3ccc4c(c3)nnn4C(C)C)C2)CC1. The molecule has 0 radical (unpaired) electrons. The molecule has 34 heavy (non-hydrogen) atoms. The lowest BCUT2D eigenvalue weighted by molar-refractivity contribution is -0.126. The van der Waals surface area contributed by atoms with Gasteiger partial charge in [-0.3, -0.25) is 9.69 Å². The van der Waals surface area contributed by atoms with Crippen LogP contribution in [0.2, 0.25) is 0 Å². The Morgan fingerprint density at radius 1 is 1.15 bits per heavy atom. The van der Waals surface area contributed by atoms with Crippen LogP contribution < -0.4 is 5.32 Å². The molecule has 1 aromatic heterocycles. The van der Waals surface area contributed by atoms with Gasteiger partial charge in [0.2, 0.25) is 15.9 Å². The van der Waals surface area contributed by atoms with Crippen LogP contribution in [0.4, 0.5) is 0 Å². The van der Waals surface area contributed by atoms with Crippen molar-refractivity contribution in [2.45, 2.75) is 44.6 Å². The van der Waals surface area contributed by atoms with Gasteiger partial charge in [0.15, 0.2) is 0 Å². The van der Waals surface area contributed by atoms with Crippen LogP contribution in [-0.2, 0) is 14.8 Å². The maximum atomic E-state index is 13.3. The van der Waals surface area contributed by atoms with Crippen molar-refractivity contribution in [1.82, 2.24) is 34.4 Å². The van der Waals surface area contributed by atoms with Crippen molar-refractivity contribution in [3.05, 3.63) is 18.2 Å². The van der Waals surface area contributed by atoms with Gasteiger partial charge in [0.05, 0.1) is 16.3 Å². The highest BCUT2D eigenvalue weighted by molar-refractivity contribution is 7.89. The third-order valence-corrected chi connectivity index (χ3v) is 8.82. The predicted molar refractivity (Wildman–Crippen MR) is 131 cm³/mol. The van der Waals surface area contributed by atoms with Gasteiger partial charge in [-0.15, -0.1) is 5.10 Å². The molecule has 2 aliphatic heterocycles. The number of nitrogens with one attached hydrogen (secondary N) is 1. The van der Waals surface area contributed by atoms with Crippen LogP contribution in [0.3, 0.4) is 0 Å². The fourth-order valence-electron chi connectivity index (χ4n) is 4.80. The second kappa shape index (κ2) is 10.7. The summed E-state index contributed by atoms with van der Waals surface area (Å²) in [4.78, 5) is 17.8. The lowest BCUT2D eigenvalue weighted by Gasteiger charge is -2.34. The summed E-state index contributed by atoms with van der Waals surface area (Å²) in [5.74, 6) is -0.381. The molecule has 0 saturated carbocycles. The van der Waals surface area contributed by atoms with Crippen molar-refractivity contribution in [1.29, 1.82) is 0 Å². The largest absolute Gasteiger partial charge is 0.355 e. The molecule has 3 heterocycles. The number of hydrogen-bond donors (Lipinski definition) is 1. The molecule has 4 rings (SSSR count). The van der Waals surface area contributed by atoms with Gasteiger partial charge >= 0.3 is 0 Å². The van der Waals surface area contributed by atoms with Gasteiger partial charge in [-0.1, -0.05) is 12.1 Å². The van der Waals surface area contributed by atoms with Crippen LogP contribution in [0.1, 0.15) is 39.7 Å². The fourth-order valence-corrected chi connectivity index (χ4v) is 6.34. The molecule has 1 N–H and O–H groups in total. The van der Waals surface area contributed by atoms with Gasteiger partial charge in [-0.2, -0.15) is 4.31 Å². The minimum Gasteiger partial charge on any atom is -0.355 e. The smallest absolute Gasteiger partial charge is 0.243 e. The first kappa shape index (κ1) is 25.0. The number of piperazine rings is 1. The van der Waals surface area contributed by atoms with E-state index in [1.54, 1.807) is 22.9 Å². The van der Waals surface area contributed by atoms with Crippen molar-refractivity contribution < 1.29 is 13.2 Å². The molecule has 2 aliphatic rings. The molecule has 1 atom stereocenters. The number of likely N-dealkylation sites (N-methyl/N-ethyl adjacent to an activating group) is 1. The van der Waals surface area contributed by atoms with Crippen molar-refractivity contribution in [2.75, 3.05) is 58.9 Å². The number of rotatable bonds is 8. The summed E-state index contributed by atoms with van der Waals surface area (Å²) in [7, 11) is -3.71. The Kier molecular flexibility index (Phi) is 7.86.